The van der Waals surface area contributed by atoms with E-state index in [1.807, 2.05) is 0 Å². The lowest BCUT2D eigenvalue weighted by atomic mass is 9.71. The number of nitrogens with two attached hydrogens (primary N) is 1. The first-order chi connectivity index (χ1) is 7.37. The number of hydrogen-bond donors (Lipinski definition) is 2. The maximum atomic E-state index is 5.75. The van der Waals surface area contributed by atoms with Gasteiger partial charge in [0.1, 0.15) is 0 Å². The van der Waals surface area contributed by atoms with Crippen LogP contribution in [0.4, 0.5) is 0 Å². The van der Waals surface area contributed by atoms with Crippen molar-refractivity contribution in [2.24, 2.45) is 17.1 Å². The Morgan fingerprint density at radius 2 is 1.62 bits per heavy atom. The van der Waals surface area contributed by atoms with Crippen LogP contribution < -0.4 is 11.1 Å². The Labute approximate surface area is 101 Å². The molecule has 0 bridgehead atoms. The van der Waals surface area contributed by atoms with Crippen LogP contribution in [0.2, 0.25) is 0 Å². The zero-order valence-corrected chi connectivity index (χ0v) is 11.6. The minimum absolute atomic E-state index is 0.0753. The van der Waals surface area contributed by atoms with Crippen LogP contribution in [0.3, 0.4) is 0 Å². The highest BCUT2D eigenvalue weighted by molar-refractivity contribution is 4.87. The van der Waals surface area contributed by atoms with Crippen molar-refractivity contribution in [2.75, 3.05) is 13.1 Å². The monoisotopic (exact) mass is 226 g/mol. The van der Waals surface area contributed by atoms with E-state index in [0.29, 0.717) is 12.0 Å². The van der Waals surface area contributed by atoms with Crippen molar-refractivity contribution in [1.29, 1.82) is 0 Å². The highest BCUT2D eigenvalue weighted by atomic mass is 15.0. The molecular formula is C14H30N2. The summed E-state index contributed by atoms with van der Waals surface area (Å²) in [5.74, 6) is 0.891. The van der Waals surface area contributed by atoms with Gasteiger partial charge >= 0.3 is 0 Å². The van der Waals surface area contributed by atoms with Gasteiger partial charge in [-0.2, -0.15) is 0 Å². The van der Waals surface area contributed by atoms with E-state index in [2.05, 4.69) is 33.0 Å². The second kappa shape index (κ2) is 5.50. The molecule has 0 amide bonds. The number of rotatable bonds is 5. The summed E-state index contributed by atoms with van der Waals surface area (Å²) in [6, 6.07) is 0. The second-order valence-electron chi connectivity index (χ2n) is 6.77. The molecule has 1 rings (SSSR count). The summed E-state index contributed by atoms with van der Waals surface area (Å²) in [4.78, 5) is 0. The Balaban J connectivity index is 2.43. The van der Waals surface area contributed by atoms with Gasteiger partial charge in [0.2, 0.25) is 0 Å². The molecule has 0 saturated heterocycles. The van der Waals surface area contributed by atoms with Crippen molar-refractivity contribution in [3.63, 3.8) is 0 Å². The highest BCUT2D eigenvalue weighted by Crippen LogP contribution is 2.37. The molecule has 0 aliphatic heterocycles. The fraction of sp³-hybridized carbons (Fsp3) is 1.00. The SMILES string of the molecule is CC(C)(CN)NCC(C)(C)C1CCCCC1. The van der Waals surface area contributed by atoms with Crippen molar-refractivity contribution in [3.8, 4) is 0 Å². The minimum atomic E-state index is 0.0753. The van der Waals surface area contributed by atoms with Crippen LogP contribution in [0.1, 0.15) is 59.8 Å². The molecule has 0 unspecified atom stereocenters. The average molecular weight is 226 g/mol. The van der Waals surface area contributed by atoms with Gasteiger partial charge < -0.3 is 11.1 Å². The van der Waals surface area contributed by atoms with Gasteiger partial charge in [-0.3, -0.25) is 0 Å². The predicted molar refractivity (Wildman–Crippen MR) is 71.5 cm³/mol. The van der Waals surface area contributed by atoms with Crippen LogP contribution in [-0.2, 0) is 0 Å². The molecule has 1 aliphatic rings. The van der Waals surface area contributed by atoms with Crippen molar-refractivity contribution in [3.05, 3.63) is 0 Å². The highest BCUT2D eigenvalue weighted by Gasteiger charge is 2.31. The molecule has 2 nitrogen and oxygen atoms in total. The van der Waals surface area contributed by atoms with E-state index in [4.69, 9.17) is 5.73 Å². The Bertz CT molecular complexity index is 203. The lowest BCUT2D eigenvalue weighted by molar-refractivity contribution is 0.142. The van der Waals surface area contributed by atoms with E-state index in [1.165, 1.54) is 32.1 Å². The first-order valence-electron chi connectivity index (χ1n) is 6.82. The normalized spacial score (nSPS) is 20.1. The second-order valence-corrected chi connectivity index (χ2v) is 6.77. The van der Waals surface area contributed by atoms with Gasteiger partial charge in [-0.1, -0.05) is 33.1 Å². The van der Waals surface area contributed by atoms with Gasteiger partial charge in [-0.05, 0) is 38.0 Å². The standard InChI is InChI=1S/C14H30N2/c1-13(2,11-16-14(3,4)10-15)12-8-6-5-7-9-12/h12,16H,5-11,15H2,1-4H3. The molecule has 0 atom stereocenters. The molecule has 0 radical (unpaired) electrons. The first-order valence-corrected chi connectivity index (χ1v) is 6.82. The van der Waals surface area contributed by atoms with Crippen molar-refractivity contribution >= 4 is 0 Å². The van der Waals surface area contributed by atoms with Crippen molar-refractivity contribution < 1.29 is 0 Å². The Morgan fingerprint density at radius 3 is 2.12 bits per heavy atom. The van der Waals surface area contributed by atoms with Crippen LogP contribution in [0, 0.1) is 11.3 Å². The van der Waals surface area contributed by atoms with Gasteiger partial charge in [0.05, 0.1) is 0 Å². The maximum Gasteiger partial charge on any atom is 0.0247 e. The quantitative estimate of drug-likeness (QED) is 0.756. The number of hydrogen-bond acceptors (Lipinski definition) is 2. The lowest BCUT2D eigenvalue weighted by Gasteiger charge is -2.39. The van der Waals surface area contributed by atoms with E-state index < -0.39 is 0 Å². The molecule has 2 heteroatoms. The molecule has 0 aromatic heterocycles. The molecule has 0 aromatic carbocycles. The summed E-state index contributed by atoms with van der Waals surface area (Å²) in [7, 11) is 0. The molecule has 0 aromatic rings. The van der Waals surface area contributed by atoms with Gasteiger partial charge in [-0.25, -0.2) is 0 Å². The topological polar surface area (TPSA) is 38.0 Å². The molecular weight excluding hydrogens is 196 g/mol. The molecule has 3 N–H and O–H groups in total. The molecule has 0 heterocycles. The first kappa shape index (κ1) is 14.0. The minimum Gasteiger partial charge on any atom is -0.329 e. The summed E-state index contributed by atoms with van der Waals surface area (Å²) in [5.41, 5.74) is 6.24. The van der Waals surface area contributed by atoms with Gasteiger partial charge in [0, 0.05) is 18.6 Å². The summed E-state index contributed by atoms with van der Waals surface area (Å²) >= 11 is 0. The van der Waals surface area contributed by atoms with Crippen LogP contribution >= 0.6 is 0 Å². The van der Waals surface area contributed by atoms with Crippen molar-refractivity contribution in [2.45, 2.75) is 65.3 Å². The van der Waals surface area contributed by atoms with Crippen LogP contribution in [0.25, 0.3) is 0 Å². The average Bonchev–Trinajstić information content (AvgIpc) is 2.28. The fourth-order valence-corrected chi connectivity index (χ4v) is 2.57. The lowest BCUT2D eigenvalue weighted by Crippen LogP contribution is -2.50. The van der Waals surface area contributed by atoms with Gasteiger partial charge in [0.25, 0.3) is 0 Å². The third-order valence-corrected chi connectivity index (χ3v) is 4.24. The summed E-state index contributed by atoms with van der Waals surface area (Å²) < 4.78 is 0. The molecule has 1 aliphatic carbocycles. The summed E-state index contributed by atoms with van der Waals surface area (Å²) in [5, 5.41) is 3.62. The Kier molecular flexibility index (Phi) is 4.81. The van der Waals surface area contributed by atoms with E-state index in [0.717, 1.165) is 12.5 Å². The zero-order valence-electron chi connectivity index (χ0n) is 11.6. The van der Waals surface area contributed by atoms with E-state index in [-0.39, 0.29) is 5.54 Å². The summed E-state index contributed by atoms with van der Waals surface area (Å²) in [6.07, 6.45) is 7.12. The zero-order chi connectivity index (χ0) is 12.2. The van der Waals surface area contributed by atoms with Crippen molar-refractivity contribution in [1.82, 2.24) is 5.32 Å². The van der Waals surface area contributed by atoms with E-state index in [9.17, 15) is 0 Å². The molecule has 16 heavy (non-hydrogen) atoms. The smallest absolute Gasteiger partial charge is 0.0247 e. The van der Waals surface area contributed by atoms with E-state index in [1.54, 1.807) is 0 Å². The van der Waals surface area contributed by atoms with Gasteiger partial charge in [-0.15, -0.1) is 0 Å². The number of nitrogens with one attached hydrogen (secondary N) is 1. The largest absolute Gasteiger partial charge is 0.329 e. The van der Waals surface area contributed by atoms with Crippen LogP contribution in [-0.4, -0.2) is 18.6 Å². The fourth-order valence-electron chi connectivity index (χ4n) is 2.57. The maximum absolute atomic E-state index is 5.75. The predicted octanol–water partition coefficient (Wildman–Crippen LogP) is 2.92. The summed E-state index contributed by atoms with van der Waals surface area (Å²) in [6.45, 7) is 11.0. The van der Waals surface area contributed by atoms with Crippen LogP contribution in [0.15, 0.2) is 0 Å². The molecule has 1 fully saturated rings. The van der Waals surface area contributed by atoms with Gasteiger partial charge in [0.15, 0.2) is 0 Å². The van der Waals surface area contributed by atoms with E-state index >= 15 is 0 Å². The molecule has 96 valence electrons. The van der Waals surface area contributed by atoms with Crippen LogP contribution in [0.5, 0.6) is 0 Å². The Morgan fingerprint density at radius 1 is 1.06 bits per heavy atom. The molecule has 1 saturated carbocycles. The Hall–Kier alpha value is -0.0800. The third kappa shape index (κ3) is 4.06. The third-order valence-electron chi connectivity index (χ3n) is 4.24. The molecule has 0 spiro atoms.